The highest BCUT2D eigenvalue weighted by Crippen LogP contribution is 2.14. The standard InChI is InChI=1S/C17H30N4O2/c1-12(2)11-23-15-7-9-21(10-15)17(22)18-8-6-16-13(3)19-20(5)14(16)4/h12,15H,6-11H2,1-5H3,(H,18,22)/t15-/m0/s1. The molecule has 6 nitrogen and oxygen atoms in total. The Bertz CT molecular complexity index is 539. The zero-order valence-electron chi connectivity index (χ0n) is 15.1. The van der Waals surface area contributed by atoms with E-state index in [4.69, 9.17) is 4.74 Å². The van der Waals surface area contributed by atoms with Gasteiger partial charge in [0.25, 0.3) is 0 Å². The molecule has 0 saturated carbocycles. The van der Waals surface area contributed by atoms with Crippen LogP contribution in [0.4, 0.5) is 4.79 Å². The fourth-order valence-electron chi connectivity index (χ4n) is 2.96. The van der Waals surface area contributed by atoms with E-state index in [1.807, 2.05) is 23.6 Å². The van der Waals surface area contributed by atoms with E-state index in [-0.39, 0.29) is 12.1 Å². The molecule has 6 heteroatoms. The van der Waals surface area contributed by atoms with Crippen molar-refractivity contribution in [3.63, 3.8) is 0 Å². The van der Waals surface area contributed by atoms with Crippen molar-refractivity contribution < 1.29 is 9.53 Å². The first-order valence-corrected chi connectivity index (χ1v) is 8.52. The molecule has 0 aromatic carbocycles. The number of nitrogens with one attached hydrogen (secondary N) is 1. The minimum atomic E-state index is 0.0137. The van der Waals surface area contributed by atoms with Crippen molar-refractivity contribution in [2.24, 2.45) is 13.0 Å². The van der Waals surface area contributed by atoms with Crippen LogP contribution >= 0.6 is 0 Å². The summed E-state index contributed by atoms with van der Waals surface area (Å²) in [4.78, 5) is 14.1. The van der Waals surface area contributed by atoms with Crippen LogP contribution in [0, 0.1) is 19.8 Å². The summed E-state index contributed by atoms with van der Waals surface area (Å²) in [5, 5.41) is 7.42. The van der Waals surface area contributed by atoms with Crippen molar-refractivity contribution in [3.05, 3.63) is 17.0 Å². The fraction of sp³-hybridized carbons (Fsp3) is 0.765. The van der Waals surface area contributed by atoms with Gasteiger partial charge in [0.15, 0.2) is 0 Å². The zero-order valence-corrected chi connectivity index (χ0v) is 15.1. The Hall–Kier alpha value is -1.56. The lowest BCUT2D eigenvalue weighted by molar-refractivity contribution is 0.0436. The second kappa shape index (κ2) is 7.81. The minimum absolute atomic E-state index is 0.0137. The second-order valence-corrected chi connectivity index (χ2v) is 6.84. The molecule has 23 heavy (non-hydrogen) atoms. The molecule has 0 aliphatic carbocycles. The number of aromatic nitrogens is 2. The minimum Gasteiger partial charge on any atom is -0.376 e. The summed E-state index contributed by atoms with van der Waals surface area (Å²) in [5.74, 6) is 0.531. The summed E-state index contributed by atoms with van der Waals surface area (Å²) in [6.07, 6.45) is 1.94. The second-order valence-electron chi connectivity index (χ2n) is 6.84. The Labute approximate surface area is 139 Å². The molecule has 0 unspecified atom stereocenters. The third kappa shape index (κ3) is 4.70. The molecule has 2 heterocycles. The lowest BCUT2D eigenvalue weighted by Gasteiger charge is -2.18. The summed E-state index contributed by atoms with van der Waals surface area (Å²) < 4.78 is 7.71. The van der Waals surface area contributed by atoms with Crippen LogP contribution in [0.5, 0.6) is 0 Å². The molecule has 2 amide bonds. The molecular weight excluding hydrogens is 292 g/mol. The Balaban J connectivity index is 1.73. The number of amides is 2. The fourth-order valence-corrected chi connectivity index (χ4v) is 2.96. The van der Waals surface area contributed by atoms with Crippen LogP contribution in [-0.4, -0.2) is 53.1 Å². The summed E-state index contributed by atoms with van der Waals surface area (Å²) >= 11 is 0. The van der Waals surface area contributed by atoms with Crippen molar-refractivity contribution in [1.29, 1.82) is 0 Å². The quantitative estimate of drug-likeness (QED) is 0.872. The monoisotopic (exact) mass is 322 g/mol. The van der Waals surface area contributed by atoms with Crippen LogP contribution in [0.3, 0.4) is 0 Å². The zero-order chi connectivity index (χ0) is 17.0. The van der Waals surface area contributed by atoms with Crippen molar-refractivity contribution in [1.82, 2.24) is 20.0 Å². The van der Waals surface area contributed by atoms with Crippen LogP contribution in [0.2, 0.25) is 0 Å². The number of urea groups is 1. The lowest BCUT2D eigenvalue weighted by atomic mass is 10.1. The molecule has 1 N–H and O–H groups in total. The van der Waals surface area contributed by atoms with Gasteiger partial charge >= 0.3 is 6.03 Å². The highest BCUT2D eigenvalue weighted by molar-refractivity contribution is 5.74. The topological polar surface area (TPSA) is 59.4 Å². The molecule has 0 spiro atoms. The van der Waals surface area contributed by atoms with Crippen LogP contribution in [0.25, 0.3) is 0 Å². The molecule has 1 fully saturated rings. The number of carbonyl (C=O) groups is 1. The Kier molecular flexibility index (Phi) is 6.04. The molecule has 1 atom stereocenters. The number of nitrogens with zero attached hydrogens (tertiary/aromatic N) is 3. The molecule has 0 bridgehead atoms. The highest BCUT2D eigenvalue weighted by Gasteiger charge is 2.26. The third-order valence-corrected chi connectivity index (χ3v) is 4.41. The normalized spacial score (nSPS) is 18.0. The van der Waals surface area contributed by atoms with E-state index >= 15 is 0 Å². The van der Waals surface area contributed by atoms with E-state index in [9.17, 15) is 4.79 Å². The van der Waals surface area contributed by atoms with Gasteiger partial charge in [-0.3, -0.25) is 4.68 Å². The van der Waals surface area contributed by atoms with Gasteiger partial charge in [-0.25, -0.2) is 4.79 Å². The average Bonchev–Trinajstić information content (AvgIpc) is 3.05. The van der Waals surface area contributed by atoms with Gasteiger partial charge < -0.3 is 15.0 Å². The van der Waals surface area contributed by atoms with E-state index in [1.54, 1.807) is 0 Å². The third-order valence-electron chi connectivity index (χ3n) is 4.41. The Morgan fingerprint density at radius 2 is 2.17 bits per heavy atom. The number of likely N-dealkylation sites (tertiary alicyclic amines) is 1. The van der Waals surface area contributed by atoms with Gasteiger partial charge in [-0.1, -0.05) is 13.8 Å². The molecule has 1 aliphatic rings. The van der Waals surface area contributed by atoms with Gasteiger partial charge in [0.2, 0.25) is 0 Å². The first-order chi connectivity index (χ1) is 10.9. The summed E-state index contributed by atoms with van der Waals surface area (Å²) in [6.45, 7) is 11.2. The average molecular weight is 322 g/mol. The molecule has 1 aliphatic heterocycles. The molecule has 130 valence electrons. The number of carbonyl (C=O) groups excluding carboxylic acids is 1. The van der Waals surface area contributed by atoms with Crippen molar-refractivity contribution in [3.8, 4) is 0 Å². The molecule has 1 aromatic heterocycles. The van der Waals surface area contributed by atoms with Gasteiger partial charge in [0.05, 0.1) is 11.8 Å². The molecule has 2 rings (SSSR count). The molecule has 1 saturated heterocycles. The van der Waals surface area contributed by atoms with E-state index in [2.05, 4.69) is 31.2 Å². The van der Waals surface area contributed by atoms with Crippen LogP contribution in [0.15, 0.2) is 0 Å². The lowest BCUT2D eigenvalue weighted by Crippen LogP contribution is -2.40. The number of hydrogen-bond donors (Lipinski definition) is 1. The van der Waals surface area contributed by atoms with Crippen LogP contribution in [-0.2, 0) is 18.2 Å². The van der Waals surface area contributed by atoms with Crippen molar-refractivity contribution >= 4 is 6.03 Å². The first kappa shape index (κ1) is 17.8. The SMILES string of the molecule is Cc1nn(C)c(C)c1CCNC(=O)N1CC[C@H](OCC(C)C)C1. The predicted molar refractivity (Wildman–Crippen MR) is 90.6 cm³/mol. The van der Waals surface area contributed by atoms with E-state index in [0.29, 0.717) is 19.0 Å². The summed E-state index contributed by atoms with van der Waals surface area (Å²) in [7, 11) is 1.95. The summed E-state index contributed by atoms with van der Waals surface area (Å²) in [6, 6.07) is 0.0137. The first-order valence-electron chi connectivity index (χ1n) is 8.52. The maximum absolute atomic E-state index is 12.2. The van der Waals surface area contributed by atoms with E-state index in [0.717, 1.165) is 31.7 Å². The van der Waals surface area contributed by atoms with E-state index < -0.39 is 0 Å². The van der Waals surface area contributed by atoms with Gasteiger partial charge in [-0.05, 0) is 38.2 Å². The number of ether oxygens (including phenoxy) is 1. The molecular formula is C17H30N4O2. The number of hydrogen-bond acceptors (Lipinski definition) is 3. The number of aryl methyl sites for hydroxylation is 2. The van der Waals surface area contributed by atoms with Crippen LogP contribution in [0.1, 0.15) is 37.2 Å². The van der Waals surface area contributed by atoms with Gasteiger partial charge in [-0.2, -0.15) is 5.10 Å². The summed E-state index contributed by atoms with van der Waals surface area (Å²) in [5.41, 5.74) is 3.44. The Morgan fingerprint density at radius 1 is 1.43 bits per heavy atom. The number of rotatable bonds is 6. The highest BCUT2D eigenvalue weighted by atomic mass is 16.5. The van der Waals surface area contributed by atoms with Crippen LogP contribution < -0.4 is 5.32 Å². The largest absolute Gasteiger partial charge is 0.376 e. The maximum Gasteiger partial charge on any atom is 0.317 e. The van der Waals surface area contributed by atoms with Gasteiger partial charge in [0.1, 0.15) is 0 Å². The van der Waals surface area contributed by atoms with Gasteiger partial charge in [0, 0.05) is 39.0 Å². The van der Waals surface area contributed by atoms with Crippen molar-refractivity contribution in [2.75, 3.05) is 26.2 Å². The molecule has 1 aromatic rings. The van der Waals surface area contributed by atoms with Gasteiger partial charge in [-0.15, -0.1) is 0 Å². The maximum atomic E-state index is 12.2. The smallest absolute Gasteiger partial charge is 0.317 e. The predicted octanol–water partition coefficient (Wildman–Crippen LogP) is 2.04. The Morgan fingerprint density at radius 3 is 2.78 bits per heavy atom. The molecule has 0 radical (unpaired) electrons. The van der Waals surface area contributed by atoms with E-state index in [1.165, 1.54) is 11.3 Å². The van der Waals surface area contributed by atoms with Crippen molar-refractivity contribution in [2.45, 2.75) is 46.6 Å².